The Morgan fingerprint density at radius 3 is 2.89 bits per heavy atom. The number of piperidine rings is 1. The highest BCUT2D eigenvalue weighted by Crippen LogP contribution is 2.41. The van der Waals surface area contributed by atoms with E-state index in [0.717, 1.165) is 19.5 Å². The van der Waals surface area contributed by atoms with Gasteiger partial charge in [-0.15, -0.1) is 0 Å². The number of nitrogens with one attached hydrogen (secondary N) is 2. The van der Waals surface area contributed by atoms with E-state index in [1.54, 1.807) is 0 Å². The number of benzene rings is 1. The third-order valence-electron chi connectivity index (χ3n) is 4.14. The minimum Gasteiger partial charge on any atom is -0.353 e. The molecule has 2 fully saturated rings. The lowest BCUT2D eigenvalue weighted by Crippen LogP contribution is -2.32. The fraction of sp³-hybridized carbons (Fsp3) is 0.533. The van der Waals surface area contributed by atoms with Gasteiger partial charge in [0.1, 0.15) is 0 Å². The Morgan fingerprint density at radius 2 is 2.17 bits per heavy atom. The third-order valence-corrected chi connectivity index (χ3v) is 4.14. The maximum atomic E-state index is 11.9. The second kappa shape index (κ2) is 4.73. The summed E-state index contributed by atoms with van der Waals surface area (Å²) in [4.78, 5) is 11.9. The Balaban J connectivity index is 1.44. The first-order valence-corrected chi connectivity index (χ1v) is 6.79. The van der Waals surface area contributed by atoms with Crippen LogP contribution in [0.15, 0.2) is 24.3 Å². The summed E-state index contributed by atoms with van der Waals surface area (Å²) in [5.74, 6) is 1.61. The van der Waals surface area contributed by atoms with Gasteiger partial charge in [0.2, 0.25) is 5.91 Å². The van der Waals surface area contributed by atoms with Crippen molar-refractivity contribution in [2.45, 2.75) is 25.8 Å². The summed E-state index contributed by atoms with van der Waals surface area (Å²) in [7, 11) is 0. The van der Waals surface area contributed by atoms with Crippen LogP contribution >= 0.6 is 0 Å². The van der Waals surface area contributed by atoms with Crippen LogP contribution in [0.5, 0.6) is 0 Å². The molecular weight excluding hydrogens is 224 g/mol. The van der Waals surface area contributed by atoms with Crippen LogP contribution < -0.4 is 10.6 Å². The molecule has 1 aromatic carbocycles. The highest BCUT2D eigenvalue weighted by molar-refractivity contribution is 5.77. The largest absolute Gasteiger partial charge is 0.353 e. The van der Waals surface area contributed by atoms with Gasteiger partial charge < -0.3 is 10.6 Å². The number of fused-ring (bicyclic) bond motifs is 1. The van der Waals surface area contributed by atoms with E-state index in [-0.39, 0.29) is 5.91 Å². The molecule has 2 unspecified atom stereocenters. The molecule has 0 aromatic heterocycles. The molecule has 1 aliphatic heterocycles. The lowest BCUT2D eigenvalue weighted by Gasteiger charge is -2.08. The molecule has 0 spiro atoms. The van der Waals surface area contributed by atoms with E-state index in [1.165, 1.54) is 11.1 Å². The van der Waals surface area contributed by atoms with Gasteiger partial charge in [-0.05, 0) is 30.7 Å². The average molecular weight is 244 g/mol. The van der Waals surface area contributed by atoms with Crippen molar-refractivity contribution in [3.8, 4) is 0 Å². The summed E-state index contributed by atoms with van der Waals surface area (Å²) in [5.41, 5.74) is 2.51. The molecule has 0 radical (unpaired) electrons. The minimum absolute atomic E-state index is 0.205. The van der Waals surface area contributed by atoms with Gasteiger partial charge in [0.05, 0.1) is 0 Å². The van der Waals surface area contributed by atoms with Crippen molar-refractivity contribution < 1.29 is 4.79 Å². The van der Waals surface area contributed by atoms with Crippen molar-refractivity contribution in [3.05, 3.63) is 35.4 Å². The van der Waals surface area contributed by atoms with Crippen LogP contribution in [0.3, 0.4) is 0 Å². The predicted octanol–water partition coefficient (Wildman–Crippen LogP) is 1.26. The van der Waals surface area contributed by atoms with E-state index >= 15 is 0 Å². The molecule has 1 heterocycles. The zero-order valence-corrected chi connectivity index (χ0v) is 10.8. The van der Waals surface area contributed by atoms with Crippen LogP contribution in [0.1, 0.15) is 17.5 Å². The van der Waals surface area contributed by atoms with Gasteiger partial charge in [0.15, 0.2) is 0 Å². The maximum Gasteiger partial charge on any atom is 0.220 e. The van der Waals surface area contributed by atoms with Gasteiger partial charge in [0.25, 0.3) is 0 Å². The molecule has 2 aliphatic rings. The standard InChI is InChI=1S/C15H20N2O/c1-10-3-2-4-11(7-10)5-6-14(18)17-15-12-8-16-9-13(12)15/h2-4,7,12-13,15-16H,5-6,8-9H2,1H3,(H,17,18). The Bertz CT molecular complexity index is 448. The van der Waals surface area contributed by atoms with E-state index in [2.05, 4.69) is 41.8 Å². The lowest BCUT2D eigenvalue weighted by atomic mass is 10.1. The summed E-state index contributed by atoms with van der Waals surface area (Å²) in [6, 6.07) is 8.84. The fourth-order valence-corrected chi connectivity index (χ4v) is 3.02. The molecule has 2 N–H and O–H groups in total. The number of carbonyl (C=O) groups excluding carboxylic acids is 1. The van der Waals surface area contributed by atoms with Crippen LogP contribution in [0.25, 0.3) is 0 Å². The summed E-state index contributed by atoms with van der Waals surface area (Å²) in [5, 5.41) is 6.50. The second-order valence-corrected chi connectivity index (χ2v) is 5.57. The number of hydrogen-bond donors (Lipinski definition) is 2. The van der Waals surface area contributed by atoms with Gasteiger partial charge in [-0.2, -0.15) is 0 Å². The molecular formula is C15H20N2O. The van der Waals surface area contributed by atoms with Crippen molar-refractivity contribution in [1.29, 1.82) is 0 Å². The van der Waals surface area contributed by atoms with E-state index in [0.29, 0.717) is 24.3 Å². The van der Waals surface area contributed by atoms with Gasteiger partial charge in [-0.25, -0.2) is 0 Å². The van der Waals surface area contributed by atoms with Crippen LogP contribution in [0.4, 0.5) is 0 Å². The quantitative estimate of drug-likeness (QED) is 0.837. The van der Waals surface area contributed by atoms with Gasteiger partial charge in [-0.3, -0.25) is 4.79 Å². The number of amides is 1. The van der Waals surface area contributed by atoms with E-state index in [9.17, 15) is 4.79 Å². The normalized spacial score (nSPS) is 28.8. The highest BCUT2D eigenvalue weighted by Gasteiger charge is 2.53. The molecule has 1 saturated carbocycles. The van der Waals surface area contributed by atoms with E-state index in [1.807, 2.05) is 0 Å². The van der Waals surface area contributed by atoms with Gasteiger partial charge >= 0.3 is 0 Å². The molecule has 3 nitrogen and oxygen atoms in total. The average Bonchev–Trinajstić information content (AvgIpc) is 2.80. The third kappa shape index (κ3) is 2.41. The van der Waals surface area contributed by atoms with Gasteiger partial charge in [-0.1, -0.05) is 29.8 Å². The topological polar surface area (TPSA) is 41.1 Å². The summed E-state index contributed by atoms with van der Waals surface area (Å²) in [6.07, 6.45) is 1.45. The zero-order valence-electron chi connectivity index (χ0n) is 10.8. The van der Waals surface area contributed by atoms with Crippen molar-refractivity contribution in [1.82, 2.24) is 10.6 Å². The fourth-order valence-electron chi connectivity index (χ4n) is 3.02. The number of aryl methyl sites for hydroxylation is 2. The van der Waals surface area contributed by atoms with E-state index in [4.69, 9.17) is 0 Å². The zero-order chi connectivity index (χ0) is 12.5. The first-order chi connectivity index (χ1) is 8.74. The summed E-state index contributed by atoms with van der Waals surface area (Å²) < 4.78 is 0. The van der Waals surface area contributed by atoms with Crippen molar-refractivity contribution in [2.24, 2.45) is 11.8 Å². The molecule has 3 heteroatoms. The SMILES string of the molecule is Cc1cccc(CCC(=O)NC2C3CNCC32)c1. The van der Waals surface area contributed by atoms with Crippen LogP contribution in [-0.4, -0.2) is 25.0 Å². The first-order valence-electron chi connectivity index (χ1n) is 6.79. The number of rotatable bonds is 4. The monoisotopic (exact) mass is 244 g/mol. The van der Waals surface area contributed by atoms with Crippen LogP contribution in [0.2, 0.25) is 0 Å². The highest BCUT2D eigenvalue weighted by atomic mass is 16.1. The molecule has 18 heavy (non-hydrogen) atoms. The predicted molar refractivity (Wildman–Crippen MR) is 71.3 cm³/mol. The molecule has 1 saturated heterocycles. The first kappa shape index (κ1) is 11.7. The smallest absolute Gasteiger partial charge is 0.220 e. The van der Waals surface area contributed by atoms with Crippen molar-refractivity contribution in [3.63, 3.8) is 0 Å². The number of carbonyl (C=O) groups is 1. The molecule has 3 rings (SSSR count). The minimum atomic E-state index is 0.205. The van der Waals surface area contributed by atoms with Crippen molar-refractivity contribution >= 4 is 5.91 Å². The Morgan fingerprint density at radius 1 is 1.39 bits per heavy atom. The van der Waals surface area contributed by atoms with Crippen molar-refractivity contribution in [2.75, 3.05) is 13.1 Å². The number of hydrogen-bond acceptors (Lipinski definition) is 2. The molecule has 96 valence electrons. The Hall–Kier alpha value is -1.35. The lowest BCUT2D eigenvalue weighted by molar-refractivity contribution is -0.121. The van der Waals surface area contributed by atoms with Crippen LogP contribution in [-0.2, 0) is 11.2 Å². The van der Waals surface area contributed by atoms with Gasteiger partial charge in [0, 0.05) is 25.6 Å². The maximum absolute atomic E-state index is 11.9. The second-order valence-electron chi connectivity index (χ2n) is 5.57. The Labute approximate surface area is 108 Å². The Kier molecular flexibility index (Phi) is 3.08. The summed E-state index contributed by atoms with van der Waals surface area (Å²) >= 11 is 0. The summed E-state index contributed by atoms with van der Waals surface area (Å²) in [6.45, 7) is 4.24. The molecule has 1 aliphatic carbocycles. The molecule has 2 atom stereocenters. The molecule has 1 aromatic rings. The van der Waals surface area contributed by atoms with E-state index < -0.39 is 0 Å². The molecule has 0 bridgehead atoms. The molecule has 1 amide bonds. The van der Waals surface area contributed by atoms with Crippen LogP contribution in [0, 0.1) is 18.8 Å².